The lowest BCUT2D eigenvalue weighted by Gasteiger charge is -2.26. The van der Waals surface area contributed by atoms with Crippen LogP contribution in [0.2, 0.25) is 0 Å². The molecule has 0 spiro atoms. The number of aryl methyl sites for hydroxylation is 2. The fourth-order valence-corrected chi connectivity index (χ4v) is 5.69. The summed E-state index contributed by atoms with van der Waals surface area (Å²) in [4.78, 5) is 40.7. The first kappa shape index (κ1) is 32.1. The standard InChI is InChI=1S/C35H32F2N2O7/c1-4-45-28(42)17-26(24-16-23(15-20(3)31(24)37)29-19(2)7-5-10-27(29)41)38-34(43)32(30-22(18-40)8-6-9-25(30)36)39-13-11-21-12-14-46-33(21)35(39)44/h5-16,26,32,40-41H,4,17-18H2,1-3H3,(H,38,43)/t26-,32?/m0/s1. The highest BCUT2D eigenvalue weighted by molar-refractivity contribution is 5.86. The van der Waals surface area contributed by atoms with Gasteiger partial charge in [-0.1, -0.05) is 24.3 Å². The summed E-state index contributed by atoms with van der Waals surface area (Å²) in [5.74, 6) is -3.37. The molecular weight excluding hydrogens is 598 g/mol. The van der Waals surface area contributed by atoms with Gasteiger partial charge in [0.15, 0.2) is 5.58 Å². The molecule has 238 valence electrons. The second kappa shape index (κ2) is 13.4. The van der Waals surface area contributed by atoms with Crippen molar-refractivity contribution in [3.8, 4) is 16.9 Å². The van der Waals surface area contributed by atoms with Crippen molar-refractivity contribution in [3.05, 3.63) is 123 Å². The van der Waals surface area contributed by atoms with Crippen LogP contribution in [0.4, 0.5) is 8.78 Å². The van der Waals surface area contributed by atoms with E-state index in [0.29, 0.717) is 22.1 Å². The van der Waals surface area contributed by atoms with Crippen molar-refractivity contribution in [3.63, 3.8) is 0 Å². The number of aliphatic hydroxyl groups is 1. The van der Waals surface area contributed by atoms with Crippen LogP contribution in [0.1, 0.15) is 53.2 Å². The molecule has 0 aliphatic rings. The van der Waals surface area contributed by atoms with Gasteiger partial charge in [0.05, 0.1) is 31.9 Å². The summed E-state index contributed by atoms with van der Waals surface area (Å²) in [6, 6.07) is 11.7. The molecule has 0 bridgehead atoms. The Kier molecular flexibility index (Phi) is 9.33. The number of ether oxygens (including phenoxy) is 1. The zero-order valence-electron chi connectivity index (χ0n) is 25.3. The van der Waals surface area contributed by atoms with Crippen molar-refractivity contribution in [2.24, 2.45) is 0 Å². The second-order valence-electron chi connectivity index (χ2n) is 10.8. The lowest BCUT2D eigenvalue weighted by Crippen LogP contribution is -2.41. The molecule has 3 N–H and O–H groups in total. The van der Waals surface area contributed by atoms with E-state index in [2.05, 4.69) is 5.32 Å². The summed E-state index contributed by atoms with van der Waals surface area (Å²) in [6.07, 6.45) is 2.08. The molecule has 1 amide bonds. The highest BCUT2D eigenvalue weighted by Crippen LogP contribution is 2.37. The maximum atomic E-state index is 15.9. The predicted molar refractivity (Wildman–Crippen MR) is 166 cm³/mol. The average molecular weight is 631 g/mol. The van der Waals surface area contributed by atoms with Crippen molar-refractivity contribution in [1.29, 1.82) is 0 Å². The number of hydrogen-bond donors (Lipinski definition) is 3. The van der Waals surface area contributed by atoms with Crippen LogP contribution in [0.25, 0.3) is 22.1 Å². The zero-order chi connectivity index (χ0) is 33.1. The number of amides is 1. The Morgan fingerprint density at radius 1 is 1.04 bits per heavy atom. The molecule has 0 saturated carbocycles. The maximum Gasteiger partial charge on any atom is 0.308 e. The number of carbonyl (C=O) groups is 2. The number of carbonyl (C=O) groups excluding carboxylic acids is 2. The van der Waals surface area contributed by atoms with Gasteiger partial charge in [0.2, 0.25) is 5.91 Å². The molecule has 0 radical (unpaired) electrons. The minimum absolute atomic E-state index is 0.0222. The Labute approximate surface area is 262 Å². The normalized spacial score (nSPS) is 12.6. The third kappa shape index (κ3) is 6.14. The van der Waals surface area contributed by atoms with E-state index in [1.54, 1.807) is 32.0 Å². The number of phenolic OH excluding ortho intramolecular Hbond substituents is 1. The first-order valence-electron chi connectivity index (χ1n) is 14.6. The van der Waals surface area contributed by atoms with Gasteiger partial charge in [-0.15, -0.1) is 0 Å². The maximum absolute atomic E-state index is 15.9. The lowest BCUT2D eigenvalue weighted by atomic mass is 9.91. The van der Waals surface area contributed by atoms with Crippen LogP contribution in [0, 0.1) is 25.5 Å². The molecule has 11 heteroatoms. The van der Waals surface area contributed by atoms with Gasteiger partial charge in [-0.2, -0.15) is 0 Å². The molecule has 46 heavy (non-hydrogen) atoms. The van der Waals surface area contributed by atoms with Gasteiger partial charge in [-0.3, -0.25) is 19.0 Å². The van der Waals surface area contributed by atoms with E-state index in [1.807, 2.05) is 0 Å². The highest BCUT2D eigenvalue weighted by atomic mass is 19.1. The minimum atomic E-state index is -1.71. The van der Waals surface area contributed by atoms with Crippen LogP contribution in [-0.2, 0) is 20.9 Å². The molecule has 0 fully saturated rings. The molecule has 3 aromatic carbocycles. The topological polar surface area (TPSA) is 131 Å². The molecule has 2 heterocycles. The molecule has 0 aliphatic carbocycles. The van der Waals surface area contributed by atoms with Crippen LogP contribution >= 0.6 is 0 Å². The average Bonchev–Trinajstić information content (AvgIpc) is 3.50. The Morgan fingerprint density at radius 3 is 2.52 bits per heavy atom. The van der Waals surface area contributed by atoms with Crippen LogP contribution in [0.3, 0.4) is 0 Å². The third-order valence-corrected chi connectivity index (χ3v) is 7.84. The number of aromatic nitrogens is 1. The van der Waals surface area contributed by atoms with Crippen LogP contribution in [0.15, 0.2) is 82.3 Å². The summed E-state index contributed by atoms with van der Waals surface area (Å²) in [5.41, 5.74) is 0.547. The Morgan fingerprint density at radius 2 is 1.80 bits per heavy atom. The van der Waals surface area contributed by atoms with E-state index >= 15 is 8.78 Å². The summed E-state index contributed by atoms with van der Waals surface area (Å²) in [5, 5.41) is 23.8. The molecule has 5 rings (SSSR count). The van der Waals surface area contributed by atoms with E-state index in [4.69, 9.17) is 9.15 Å². The molecular formula is C35H32F2N2O7. The molecule has 1 unspecified atom stereocenters. The first-order valence-corrected chi connectivity index (χ1v) is 14.6. The fourth-order valence-electron chi connectivity index (χ4n) is 5.69. The van der Waals surface area contributed by atoms with Crippen molar-refractivity contribution >= 4 is 22.8 Å². The van der Waals surface area contributed by atoms with E-state index in [1.165, 1.54) is 55.8 Å². The van der Waals surface area contributed by atoms with Crippen molar-refractivity contribution in [2.75, 3.05) is 6.61 Å². The van der Waals surface area contributed by atoms with Crippen molar-refractivity contribution in [2.45, 2.75) is 45.9 Å². The molecule has 0 saturated heterocycles. The van der Waals surface area contributed by atoms with Crippen LogP contribution in [-0.4, -0.2) is 33.3 Å². The molecule has 2 aromatic heterocycles. The Hall–Kier alpha value is -5.29. The number of pyridine rings is 1. The van der Waals surface area contributed by atoms with Gasteiger partial charge in [-0.25, -0.2) is 8.78 Å². The SMILES string of the molecule is CCOC(=O)C[C@H](NC(=O)C(c1c(F)cccc1CO)n1ccc2ccoc2c1=O)c1cc(-c2c(C)cccc2O)cc(C)c1F. The minimum Gasteiger partial charge on any atom is -0.507 e. The van der Waals surface area contributed by atoms with E-state index in [-0.39, 0.29) is 40.2 Å². The summed E-state index contributed by atoms with van der Waals surface area (Å²) in [6.45, 7) is 4.25. The van der Waals surface area contributed by atoms with Crippen LogP contribution in [0.5, 0.6) is 5.75 Å². The number of hydrogen-bond acceptors (Lipinski definition) is 7. The Balaban J connectivity index is 1.68. The fraction of sp³-hybridized carbons (Fsp3) is 0.229. The van der Waals surface area contributed by atoms with E-state index < -0.39 is 54.2 Å². The molecule has 0 aliphatic heterocycles. The summed E-state index contributed by atoms with van der Waals surface area (Å²) >= 11 is 0. The second-order valence-corrected chi connectivity index (χ2v) is 10.8. The third-order valence-electron chi connectivity index (χ3n) is 7.84. The number of benzene rings is 3. The quantitative estimate of drug-likeness (QED) is 0.167. The van der Waals surface area contributed by atoms with Gasteiger partial charge in [0.1, 0.15) is 23.4 Å². The number of aromatic hydroxyl groups is 1. The van der Waals surface area contributed by atoms with Gasteiger partial charge in [0.25, 0.3) is 5.56 Å². The highest BCUT2D eigenvalue weighted by Gasteiger charge is 2.33. The monoisotopic (exact) mass is 630 g/mol. The first-order chi connectivity index (χ1) is 22.0. The number of aliphatic hydroxyl groups excluding tert-OH is 1. The van der Waals surface area contributed by atoms with E-state index in [9.17, 15) is 24.6 Å². The predicted octanol–water partition coefficient (Wildman–Crippen LogP) is 5.75. The van der Waals surface area contributed by atoms with Crippen LogP contribution < -0.4 is 10.9 Å². The molecule has 2 atom stereocenters. The zero-order valence-corrected chi connectivity index (χ0v) is 25.3. The van der Waals surface area contributed by atoms with Gasteiger partial charge in [0, 0.05) is 28.3 Å². The number of nitrogens with zero attached hydrogens (tertiary/aromatic N) is 1. The van der Waals surface area contributed by atoms with Gasteiger partial charge >= 0.3 is 5.97 Å². The number of halogens is 2. The van der Waals surface area contributed by atoms with Gasteiger partial charge < -0.3 is 24.7 Å². The van der Waals surface area contributed by atoms with Crippen molar-refractivity contribution < 1.29 is 37.7 Å². The number of fused-ring (bicyclic) bond motifs is 1. The molecule has 5 aromatic rings. The summed E-state index contributed by atoms with van der Waals surface area (Å²) < 4.78 is 42.9. The van der Waals surface area contributed by atoms with Gasteiger partial charge in [-0.05, 0) is 79.4 Å². The summed E-state index contributed by atoms with van der Waals surface area (Å²) in [7, 11) is 0. The number of nitrogens with one attached hydrogen (secondary N) is 1. The lowest BCUT2D eigenvalue weighted by molar-refractivity contribution is -0.143. The number of furan rings is 1. The smallest absolute Gasteiger partial charge is 0.308 e. The Bertz CT molecular complexity index is 1980. The number of esters is 1. The molecule has 9 nitrogen and oxygen atoms in total. The van der Waals surface area contributed by atoms with Crippen molar-refractivity contribution in [1.82, 2.24) is 9.88 Å². The number of rotatable bonds is 10. The van der Waals surface area contributed by atoms with E-state index in [0.717, 1.165) is 10.6 Å². The number of phenols is 1. The largest absolute Gasteiger partial charge is 0.507 e.